The molecule has 1 fully saturated rings. The highest BCUT2D eigenvalue weighted by atomic mass is 79.9. The zero-order valence-electron chi connectivity index (χ0n) is 16.9. The third-order valence-electron chi connectivity index (χ3n) is 5.30. The van der Waals surface area contributed by atoms with Crippen molar-refractivity contribution in [2.24, 2.45) is 0 Å². The highest BCUT2D eigenvalue weighted by Crippen LogP contribution is 2.23. The largest absolute Gasteiger partial charge is 0.482 e. The van der Waals surface area contributed by atoms with Crippen LogP contribution in [0.2, 0.25) is 5.02 Å². The van der Waals surface area contributed by atoms with Crippen LogP contribution < -0.4 is 10.1 Å². The third kappa shape index (κ3) is 6.22. The van der Waals surface area contributed by atoms with Crippen LogP contribution in [0.25, 0.3) is 0 Å². The highest BCUT2D eigenvalue weighted by molar-refractivity contribution is 9.10. The minimum Gasteiger partial charge on any atom is -0.482 e. The summed E-state index contributed by atoms with van der Waals surface area (Å²) in [4.78, 5) is 27.5. The van der Waals surface area contributed by atoms with Crippen molar-refractivity contribution in [3.8, 4) is 5.75 Å². The molecular formula is C23H26BrClN2O3. The Labute approximate surface area is 190 Å². The second-order valence-corrected chi connectivity index (χ2v) is 8.86. The number of hydrogen-bond acceptors (Lipinski definition) is 3. The van der Waals surface area contributed by atoms with E-state index in [4.69, 9.17) is 16.3 Å². The van der Waals surface area contributed by atoms with Gasteiger partial charge < -0.3 is 15.0 Å². The quantitative estimate of drug-likeness (QED) is 0.566. The van der Waals surface area contributed by atoms with E-state index < -0.39 is 6.04 Å². The van der Waals surface area contributed by atoms with Crippen LogP contribution in [0.15, 0.2) is 53.0 Å². The lowest BCUT2D eigenvalue weighted by atomic mass is 10.1. The van der Waals surface area contributed by atoms with Crippen LogP contribution in [-0.2, 0) is 16.1 Å². The summed E-state index contributed by atoms with van der Waals surface area (Å²) in [5.74, 6) is 0.0324. The van der Waals surface area contributed by atoms with Gasteiger partial charge in [-0.3, -0.25) is 9.59 Å². The first-order chi connectivity index (χ1) is 14.4. The van der Waals surface area contributed by atoms with Crippen LogP contribution in [0.3, 0.4) is 0 Å². The number of ether oxygens (including phenoxy) is 1. The van der Waals surface area contributed by atoms with Crippen molar-refractivity contribution in [2.75, 3.05) is 6.61 Å². The molecule has 2 aromatic carbocycles. The SMILES string of the molecule is C[C@@H](C(=O)NC1CCCC1)N(Cc1cccc(Br)c1)C(=O)COc1ccccc1Cl. The Morgan fingerprint density at radius 3 is 2.63 bits per heavy atom. The maximum atomic E-state index is 13.1. The third-order valence-corrected chi connectivity index (χ3v) is 6.10. The molecule has 0 heterocycles. The maximum Gasteiger partial charge on any atom is 0.261 e. The van der Waals surface area contributed by atoms with Crippen LogP contribution in [0.5, 0.6) is 5.75 Å². The van der Waals surface area contributed by atoms with Crippen LogP contribution in [0, 0.1) is 0 Å². The van der Waals surface area contributed by atoms with Gasteiger partial charge in [0.25, 0.3) is 5.91 Å². The number of benzene rings is 2. The van der Waals surface area contributed by atoms with E-state index in [1.165, 1.54) is 0 Å². The predicted octanol–water partition coefficient (Wildman–Crippen LogP) is 4.96. The first-order valence-corrected chi connectivity index (χ1v) is 11.3. The minimum atomic E-state index is -0.619. The average molecular weight is 494 g/mol. The van der Waals surface area contributed by atoms with Crippen molar-refractivity contribution in [1.82, 2.24) is 10.2 Å². The molecular weight excluding hydrogens is 468 g/mol. The Balaban J connectivity index is 1.72. The Morgan fingerprint density at radius 1 is 1.20 bits per heavy atom. The lowest BCUT2D eigenvalue weighted by Crippen LogP contribution is -2.50. The Bertz CT molecular complexity index is 886. The Kier molecular flexibility index (Phi) is 8.16. The summed E-state index contributed by atoms with van der Waals surface area (Å²) in [6.45, 7) is 1.87. The molecule has 0 radical (unpaired) electrons. The lowest BCUT2D eigenvalue weighted by molar-refractivity contribution is -0.142. The molecule has 2 amide bonds. The molecule has 0 saturated heterocycles. The van der Waals surface area contributed by atoms with E-state index >= 15 is 0 Å². The molecule has 160 valence electrons. The van der Waals surface area contributed by atoms with Crippen molar-refractivity contribution in [3.63, 3.8) is 0 Å². The van der Waals surface area contributed by atoms with Gasteiger partial charge in [0.05, 0.1) is 5.02 Å². The van der Waals surface area contributed by atoms with Gasteiger partial charge in [-0.15, -0.1) is 0 Å². The molecule has 30 heavy (non-hydrogen) atoms. The maximum absolute atomic E-state index is 13.1. The molecule has 0 aromatic heterocycles. The summed E-state index contributed by atoms with van der Waals surface area (Å²) < 4.78 is 6.56. The van der Waals surface area contributed by atoms with Crippen LogP contribution in [0.1, 0.15) is 38.2 Å². The van der Waals surface area contributed by atoms with E-state index in [0.717, 1.165) is 35.7 Å². The molecule has 0 unspecified atom stereocenters. The van der Waals surface area contributed by atoms with Crippen molar-refractivity contribution in [3.05, 3.63) is 63.6 Å². The van der Waals surface area contributed by atoms with E-state index in [1.807, 2.05) is 24.3 Å². The van der Waals surface area contributed by atoms with Gasteiger partial charge in [0, 0.05) is 17.1 Å². The molecule has 0 spiro atoms. The number of para-hydroxylation sites is 1. The molecule has 7 heteroatoms. The van der Waals surface area contributed by atoms with E-state index in [1.54, 1.807) is 36.1 Å². The minimum absolute atomic E-state index is 0.136. The number of carbonyl (C=O) groups is 2. The molecule has 1 saturated carbocycles. The van der Waals surface area contributed by atoms with Gasteiger partial charge in [0.2, 0.25) is 5.91 Å². The number of nitrogens with one attached hydrogen (secondary N) is 1. The normalized spacial score (nSPS) is 14.9. The van der Waals surface area contributed by atoms with Crippen molar-refractivity contribution in [2.45, 2.75) is 51.2 Å². The molecule has 1 N–H and O–H groups in total. The smallest absolute Gasteiger partial charge is 0.261 e. The molecule has 1 aliphatic carbocycles. The molecule has 1 atom stereocenters. The van der Waals surface area contributed by atoms with Gasteiger partial charge in [-0.05, 0) is 49.6 Å². The van der Waals surface area contributed by atoms with Gasteiger partial charge in [-0.2, -0.15) is 0 Å². The van der Waals surface area contributed by atoms with Gasteiger partial charge in [-0.25, -0.2) is 0 Å². The van der Waals surface area contributed by atoms with Crippen molar-refractivity contribution < 1.29 is 14.3 Å². The molecule has 0 aliphatic heterocycles. The second kappa shape index (κ2) is 10.8. The van der Waals surface area contributed by atoms with E-state index in [-0.39, 0.29) is 24.5 Å². The van der Waals surface area contributed by atoms with Gasteiger partial charge in [0.15, 0.2) is 6.61 Å². The number of amides is 2. The first-order valence-electron chi connectivity index (χ1n) is 10.2. The zero-order chi connectivity index (χ0) is 21.5. The number of rotatable bonds is 8. The van der Waals surface area contributed by atoms with Crippen LogP contribution in [-0.4, -0.2) is 35.4 Å². The standard InChI is InChI=1S/C23H26BrClN2O3/c1-16(23(29)26-19-9-2-3-10-19)27(14-17-7-6-8-18(24)13-17)22(28)15-30-21-12-5-4-11-20(21)25/h4-8,11-13,16,19H,2-3,9-10,14-15H2,1H3,(H,26,29)/t16-/m0/s1. The predicted molar refractivity (Wildman–Crippen MR) is 121 cm³/mol. The average Bonchev–Trinajstić information content (AvgIpc) is 3.24. The summed E-state index contributed by atoms with van der Waals surface area (Å²) >= 11 is 9.58. The lowest BCUT2D eigenvalue weighted by Gasteiger charge is -2.29. The number of nitrogens with zero attached hydrogens (tertiary/aromatic N) is 1. The zero-order valence-corrected chi connectivity index (χ0v) is 19.3. The van der Waals surface area contributed by atoms with E-state index in [9.17, 15) is 9.59 Å². The van der Waals surface area contributed by atoms with E-state index in [2.05, 4.69) is 21.2 Å². The fourth-order valence-corrected chi connectivity index (χ4v) is 4.23. The topological polar surface area (TPSA) is 58.6 Å². The molecule has 1 aliphatic rings. The fraction of sp³-hybridized carbons (Fsp3) is 0.391. The van der Waals surface area contributed by atoms with Gasteiger partial charge in [0.1, 0.15) is 11.8 Å². The highest BCUT2D eigenvalue weighted by Gasteiger charge is 2.28. The summed E-state index contributed by atoms with van der Waals surface area (Å²) in [7, 11) is 0. The number of hydrogen-bond donors (Lipinski definition) is 1. The van der Waals surface area contributed by atoms with Crippen LogP contribution in [0.4, 0.5) is 0 Å². The first kappa shape index (κ1) is 22.6. The van der Waals surface area contributed by atoms with Crippen molar-refractivity contribution >= 4 is 39.3 Å². The summed E-state index contributed by atoms with van der Waals surface area (Å²) in [6, 6.07) is 14.3. The second-order valence-electron chi connectivity index (χ2n) is 7.54. The van der Waals surface area contributed by atoms with Gasteiger partial charge >= 0.3 is 0 Å². The van der Waals surface area contributed by atoms with E-state index in [0.29, 0.717) is 17.3 Å². The molecule has 5 nitrogen and oxygen atoms in total. The summed E-state index contributed by atoms with van der Waals surface area (Å²) in [6.07, 6.45) is 4.25. The Hall–Kier alpha value is -2.05. The number of halogens is 2. The van der Waals surface area contributed by atoms with Crippen LogP contribution >= 0.6 is 27.5 Å². The van der Waals surface area contributed by atoms with Crippen molar-refractivity contribution in [1.29, 1.82) is 0 Å². The molecule has 0 bridgehead atoms. The fourth-order valence-electron chi connectivity index (χ4n) is 3.59. The molecule has 3 rings (SSSR count). The monoisotopic (exact) mass is 492 g/mol. The summed E-state index contributed by atoms with van der Waals surface area (Å²) in [5.41, 5.74) is 0.927. The molecule has 2 aromatic rings. The Morgan fingerprint density at radius 2 is 1.93 bits per heavy atom. The summed E-state index contributed by atoms with van der Waals surface area (Å²) in [5, 5.41) is 3.53. The van der Waals surface area contributed by atoms with Gasteiger partial charge in [-0.1, -0.05) is 64.6 Å². The number of carbonyl (C=O) groups excluding carboxylic acids is 2.